The summed E-state index contributed by atoms with van der Waals surface area (Å²) >= 11 is 0. The van der Waals surface area contributed by atoms with Crippen molar-refractivity contribution >= 4 is 5.97 Å². The summed E-state index contributed by atoms with van der Waals surface area (Å²) in [6.45, 7) is 9.42. The van der Waals surface area contributed by atoms with E-state index in [2.05, 4.69) is 0 Å². The zero-order valence-electron chi connectivity index (χ0n) is 14.4. The highest BCUT2D eigenvalue weighted by Gasteiger charge is 2.60. The molecule has 0 aromatic heterocycles. The van der Waals surface area contributed by atoms with Crippen LogP contribution < -0.4 is 0 Å². The van der Waals surface area contributed by atoms with Gasteiger partial charge in [0.05, 0.1) is 0 Å². The molecule has 0 spiro atoms. The van der Waals surface area contributed by atoms with Crippen LogP contribution in [0, 0.1) is 0 Å². The van der Waals surface area contributed by atoms with Gasteiger partial charge in [-0.15, -0.1) is 0 Å². The maximum atomic E-state index is 11.6. The third-order valence-corrected chi connectivity index (χ3v) is 4.11. The predicted molar refractivity (Wildman–Crippen MR) is 78.4 cm³/mol. The van der Waals surface area contributed by atoms with E-state index < -0.39 is 24.0 Å². The van der Waals surface area contributed by atoms with Crippen molar-refractivity contribution < 1.29 is 33.2 Å². The van der Waals surface area contributed by atoms with Crippen LogP contribution >= 0.6 is 0 Å². The maximum absolute atomic E-state index is 11.6. The molecule has 3 rings (SSSR count). The highest BCUT2D eigenvalue weighted by Crippen LogP contribution is 2.44. The van der Waals surface area contributed by atoms with Gasteiger partial charge in [-0.1, -0.05) is 6.92 Å². The van der Waals surface area contributed by atoms with Crippen LogP contribution in [-0.2, 0) is 33.2 Å². The number of carbonyl (C=O) groups excluding carboxylic acids is 1. The molecule has 0 unspecified atom stereocenters. The molecule has 3 aliphatic heterocycles. The van der Waals surface area contributed by atoms with Crippen molar-refractivity contribution in [1.82, 2.24) is 0 Å². The number of ether oxygens (including phenoxy) is 6. The third-order valence-electron chi connectivity index (χ3n) is 4.11. The van der Waals surface area contributed by atoms with E-state index in [4.69, 9.17) is 28.4 Å². The van der Waals surface area contributed by atoms with Gasteiger partial charge in [0.15, 0.2) is 17.9 Å². The highest BCUT2D eigenvalue weighted by molar-refractivity contribution is 5.69. The van der Waals surface area contributed by atoms with Crippen molar-refractivity contribution in [3.05, 3.63) is 0 Å². The van der Waals surface area contributed by atoms with Crippen LogP contribution in [0.25, 0.3) is 0 Å². The molecule has 5 atom stereocenters. The Bertz CT molecular complexity index is 461. The molecule has 132 valence electrons. The Morgan fingerprint density at radius 2 is 1.57 bits per heavy atom. The minimum Gasteiger partial charge on any atom is -0.463 e. The summed E-state index contributed by atoms with van der Waals surface area (Å²) in [5, 5.41) is 0. The Kier molecular flexibility index (Phi) is 4.44. The number of esters is 1. The molecule has 0 aliphatic carbocycles. The second kappa shape index (κ2) is 5.97. The molecule has 0 amide bonds. The lowest BCUT2D eigenvalue weighted by Gasteiger charge is -2.36. The molecule has 0 aromatic carbocycles. The van der Waals surface area contributed by atoms with Crippen molar-refractivity contribution in [2.24, 2.45) is 0 Å². The molecule has 3 saturated heterocycles. The fraction of sp³-hybridized carbons (Fsp3) is 0.938. The normalized spacial score (nSPS) is 40.5. The van der Waals surface area contributed by atoms with Gasteiger partial charge >= 0.3 is 5.97 Å². The standard InChI is InChI=1S/C16H26O7/c1-6-7-10(17)18-8-9-11-12(21-15(2,3)20-11)13-14(19-9)23-16(4,5)22-13/h9,11-14H,6-8H2,1-5H3/t9-,11+,12+,13-,14-/m1/s1. The van der Waals surface area contributed by atoms with E-state index in [1.807, 2.05) is 34.6 Å². The van der Waals surface area contributed by atoms with Crippen LogP contribution in [0.4, 0.5) is 0 Å². The summed E-state index contributed by atoms with van der Waals surface area (Å²) in [6.07, 6.45) is -0.903. The molecular formula is C16H26O7. The summed E-state index contributed by atoms with van der Waals surface area (Å²) in [7, 11) is 0. The Morgan fingerprint density at radius 3 is 2.26 bits per heavy atom. The monoisotopic (exact) mass is 330 g/mol. The molecule has 3 fully saturated rings. The van der Waals surface area contributed by atoms with E-state index in [-0.39, 0.29) is 30.9 Å². The average Bonchev–Trinajstić information content (AvgIpc) is 2.90. The fourth-order valence-electron chi connectivity index (χ4n) is 3.28. The Labute approximate surface area is 136 Å². The Balaban J connectivity index is 1.72. The summed E-state index contributed by atoms with van der Waals surface area (Å²) in [6, 6.07) is 0. The lowest BCUT2D eigenvalue weighted by Crippen LogP contribution is -2.56. The summed E-state index contributed by atoms with van der Waals surface area (Å²) in [4.78, 5) is 11.6. The molecule has 0 saturated carbocycles. The van der Waals surface area contributed by atoms with Gasteiger partial charge in [-0.25, -0.2) is 0 Å². The second-order valence-electron chi connectivity index (χ2n) is 7.14. The summed E-state index contributed by atoms with van der Waals surface area (Å²) in [5.41, 5.74) is 0. The molecular weight excluding hydrogens is 304 g/mol. The molecule has 0 radical (unpaired) electrons. The van der Waals surface area contributed by atoms with Crippen LogP contribution in [0.3, 0.4) is 0 Å². The first-order valence-electron chi connectivity index (χ1n) is 8.23. The van der Waals surface area contributed by atoms with Gasteiger partial charge in [0, 0.05) is 6.42 Å². The quantitative estimate of drug-likeness (QED) is 0.727. The number of fused-ring (bicyclic) bond motifs is 3. The molecule has 3 heterocycles. The number of rotatable bonds is 4. The Hall–Kier alpha value is -0.730. The second-order valence-corrected chi connectivity index (χ2v) is 7.14. The van der Waals surface area contributed by atoms with Crippen molar-refractivity contribution in [3.8, 4) is 0 Å². The smallest absolute Gasteiger partial charge is 0.305 e. The lowest BCUT2D eigenvalue weighted by atomic mass is 9.99. The van der Waals surface area contributed by atoms with Crippen LogP contribution in [0.5, 0.6) is 0 Å². The van der Waals surface area contributed by atoms with Crippen molar-refractivity contribution in [2.75, 3.05) is 6.61 Å². The fourth-order valence-corrected chi connectivity index (χ4v) is 3.28. The first-order valence-corrected chi connectivity index (χ1v) is 8.23. The van der Waals surface area contributed by atoms with Crippen LogP contribution in [0.2, 0.25) is 0 Å². The first-order chi connectivity index (χ1) is 10.7. The average molecular weight is 330 g/mol. The molecule has 0 bridgehead atoms. The van der Waals surface area contributed by atoms with Gasteiger partial charge in [0.1, 0.15) is 31.0 Å². The third kappa shape index (κ3) is 3.53. The van der Waals surface area contributed by atoms with Gasteiger partial charge in [0.2, 0.25) is 0 Å². The predicted octanol–water partition coefficient (Wildman–Crippen LogP) is 1.73. The van der Waals surface area contributed by atoms with Crippen molar-refractivity contribution in [3.63, 3.8) is 0 Å². The summed E-state index contributed by atoms with van der Waals surface area (Å²) in [5.74, 6) is -1.73. The zero-order chi connectivity index (χ0) is 16.8. The maximum Gasteiger partial charge on any atom is 0.305 e. The lowest BCUT2D eigenvalue weighted by molar-refractivity contribution is -0.242. The van der Waals surface area contributed by atoms with Gasteiger partial charge < -0.3 is 28.4 Å². The number of carbonyl (C=O) groups is 1. The SMILES string of the molecule is CCCC(=O)OC[C@H]1O[C@@H]2OC(C)(C)O[C@@H]2[C@H]2OC(C)(C)O[C@H]21. The molecule has 0 N–H and O–H groups in total. The largest absolute Gasteiger partial charge is 0.463 e. The van der Waals surface area contributed by atoms with Gasteiger partial charge in [-0.2, -0.15) is 0 Å². The molecule has 7 heteroatoms. The van der Waals surface area contributed by atoms with Crippen molar-refractivity contribution in [1.29, 1.82) is 0 Å². The minimum atomic E-state index is -0.746. The van der Waals surface area contributed by atoms with E-state index in [0.29, 0.717) is 6.42 Å². The van der Waals surface area contributed by atoms with Gasteiger partial charge in [-0.3, -0.25) is 4.79 Å². The zero-order valence-corrected chi connectivity index (χ0v) is 14.4. The molecule has 0 aromatic rings. The Morgan fingerprint density at radius 1 is 0.957 bits per heavy atom. The van der Waals surface area contributed by atoms with Gasteiger partial charge in [0.25, 0.3) is 0 Å². The first kappa shape index (κ1) is 17.1. The molecule has 3 aliphatic rings. The number of hydrogen-bond donors (Lipinski definition) is 0. The van der Waals surface area contributed by atoms with Crippen LogP contribution in [0.1, 0.15) is 47.5 Å². The van der Waals surface area contributed by atoms with Crippen molar-refractivity contribution in [2.45, 2.75) is 89.7 Å². The molecule has 23 heavy (non-hydrogen) atoms. The van der Waals surface area contributed by atoms with E-state index in [1.165, 1.54) is 0 Å². The van der Waals surface area contributed by atoms with E-state index in [0.717, 1.165) is 6.42 Å². The minimum absolute atomic E-state index is 0.118. The summed E-state index contributed by atoms with van der Waals surface area (Å²) < 4.78 is 34.9. The molecule has 7 nitrogen and oxygen atoms in total. The van der Waals surface area contributed by atoms with E-state index in [1.54, 1.807) is 0 Å². The van der Waals surface area contributed by atoms with E-state index >= 15 is 0 Å². The van der Waals surface area contributed by atoms with Crippen LogP contribution in [0.15, 0.2) is 0 Å². The van der Waals surface area contributed by atoms with Gasteiger partial charge in [-0.05, 0) is 34.1 Å². The van der Waals surface area contributed by atoms with E-state index in [9.17, 15) is 4.79 Å². The van der Waals surface area contributed by atoms with Crippen LogP contribution in [-0.4, -0.2) is 54.9 Å². The number of hydrogen-bond acceptors (Lipinski definition) is 7. The topological polar surface area (TPSA) is 72.5 Å². The highest BCUT2D eigenvalue weighted by atomic mass is 16.9.